The van der Waals surface area contributed by atoms with Crippen LogP contribution in [0.15, 0.2) is 18.2 Å². The lowest BCUT2D eigenvalue weighted by Crippen LogP contribution is -2.11. The number of nitrogens with one attached hydrogen (secondary N) is 1. The van der Waals surface area contributed by atoms with E-state index >= 15 is 0 Å². The molecule has 0 aliphatic rings. The molecule has 0 fully saturated rings. The average Bonchev–Trinajstić information content (AvgIpc) is 2.49. The molecule has 0 spiro atoms. The molecule has 0 saturated carbocycles. The number of aromatic hydroxyl groups is 1. The maximum Gasteiger partial charge on any atom is 0.252 e. The summed E-state index contributed by atoms with van der Waals surface area (Å²) in [6.45, 7) is 11.0. The van der Waals surface area contributed by atoms with Crippen LogP contribution in [-0.4, -0.2) is 41.4 Å². The topological polar surface area (TPSA) is 133 Å². The zero-order valence-electron chi connectivity index (χ0n) is 16.1. The number of amides is 2. The summed E-state index contributed by atoms with van der Waals surface area (Å²) >= 11 is 0. The minimum atomic E-state index is -0.713. The molecule has 0 atom stereocenters. The fraction of sp³-hybridized carbons (Fsp3) is 0.556. The molecule has 7 nitrogen and oxygen atoms in total. The van der Waals surface area contributed by atoms with E-state index < -0.39 is 5.91 Å². The minimum Gasteiger partial charge on any atom is -0.507 e. The summed E-state index contributed by atoms with van der Waals surface area (Å²) in [6, 6.07) is 4.05. The number of aliphatic hydroxyl groups is 2. The van der Waals surface area contributed by atoms with Crippen LogP contribution in [0.5, 0.6) is 5.75 Å². The molecule has 0 aliphatic carbocycles. The minimum absolute atomic E-state index is 0.0245. The van der Waals surface area contributed by atoms with Gasteiger partial charge in [0, 0.05) is 25.5 Å². The first-order valence-corrected chi connectivity index (χ1v) is 8.04. The Balaban J connectivity index is -0.000000337. The molecule has 1 aromatic carbocycles. The molecule has 0 saturated heterocycles. The van der Waals surface area contributed by atoms with Crippen molar-refractivity contribution in [1.82, 2.24) is 0 Å². The molecule has 1 rings (SSSR count). The Hall–Kier alpha value is -2.12. The van der Waals surface area contributed by atoms with Gasteiger partial charge in [-0.25, -0.2) is 0 Å². The molecule has 0 bridgehead atoms. The first-order chi connectivity index (χ1) is 11.6. The molecule has 7 heteroatoms. The van der Waals surface area contributed by atoms with E-state index in [1.54, 1.807) is 0 Å². The van der Waals surface area contributed by atoms with Crippen LogP contribution in [0, 0.1) is 11.8 Å². The third-order valence-electron chi connectivity index (χ3n) is 2.20. The highest BCUT2D eigenvalue weighted by molar-refractivity contribution is 5.96. The van der Waals surface area contributed by atoms with E-state index in [0.717, 1.165) is 19.4 Å². The summed E-state index contributed by atoms with van der Waals surface area (Å²) in [5, 5.41) is 26.8. The van der Waals surface area contributed by atoms with Gasteiger partial charge in [-0.2, -0.15) is 0 Å². The van der Waals surface area contributed by atoms with Crippen molar-refractivity contribution in [3.05, 3.63) is 23.8 Å². The maximum absolute atomic E-state index is 10.7. The van der Waals surface area contributed by atoms with Gasteiger partial charge in [-0.05, 0) is 30.4 Å². The van der Waals surface area contributed by atoms with Crippen molar-refractivity contribution in [1.29, 1.82) is 0 Å². The lowest BCUT2D eigenvalue weighted by Gasteiger charge is -2.02. The van der Waals surface area contributed by atoms with Gasteiger partial charge in [0.1, 0.15) is 5.75 Å². The van der Waals surface area contributed by atoms with Crippen LogP contribution in [-0.2, 0) is 4.79 Å². The predicted molar refractivity (Wildman–Crippen MR) is 102 cm³/mol. The zero-order chi connectivity index (χ0) is 20.4. The zero-order valence-corrected chi connectivity index (χ0v) is 16.1. The standard InChI is InChI=1S/C8H8N2O3.C5H12O.C4H10.CH4O/c9-8(13)6-2-1-5(10-4-11)3-7(6)12;1-5(2)3-4-6;1-4(2)3;1-2/h1-4,12H,(H2,9,13)(H,10,11);5-6H,3-4H2,1-2H3;4H,1-3H3;2H,1H3. The van der Waals surface area contributed by atoms with Gasteiger partial charge in [-0.1, -0.05) is 34.6 Å². The average molecular weight is 358 g/mol. The molecule has 0 heterocycles. The van der Waals surface area contributed by atoms with Crippen molar-refractivity contribution in [3.63, 3.8) is 0 Å². The molecule has 1 aromatic rings. The molecule has 146 valence electrons. The molecule has 0 aromatic heterocycles. The Kier molecular flexibility index (Phi) is 20.2. The van der Waals surface area contributed by atoms with Crippen LogP contribution >= 0.6 is 0 Å². The first-order valence-electron chi connectivity index (χ1n) is 8.04. The fourth-order valence-corrected chi connectivity index (χ4v) is 1.16. The van der Waals surface area contributed by atoms with Crippen molar-refractivity contribution in [3.8, 4) is 5.75 Å². The number of carbonyl (C=O) groups is 2. The first kappa shape index (κ1) is 27.7. The largest absolute Gasteiger partial charge is 0.507 e. The number of primary amides is 1. The van der Waals surface area contributed by atoms with Crippen molar-refractivity contribution < 1.29 is 24.9 Å². The predicted octanol–water partition coefficient (Wildman–Crippen LogP) is 2.35. The van der Waals surface area contributed by atoms with Crippen molar-refractivity contribution in [2.45, 2.75) is 41.0 Å². The number of rotatable bonds is 5. The quantitative estimate of drug-likeness (QED) is 0.515. The van der Waals surface area contributed by atoms with E-state index in [1.165, 1.54) is 18.2 Å². The van der Waals surface area contributed by atoms with Crippen LogP contribution in [0.2, 0.25) is 0 Å². The highest BCUT2D eigenvalue weighted by Crippen LogP contribution is 2.20. The van der Waals surface area contributed by atoms with Gasteiger partial charge in [0.25, 0.3) is 5.91 Å². The van der Waals surface area contributed by atoms with Gasteiger partial charge in [0.05, 0.1) is 5.56 Å². The number of benzene rings is 1. The van der Waals surface area contributed by atoms with Gasteiger partial charge >= 0.3 is 0 Å². The third-order valence-corrected chi connectivity index (χ3v) is 2.20. The van der Waals surface area contributed by atoms with E-state index in [4.69, 9.17) is 15.9 Å². The number of carbonyl (C=O) groups excluding carboxylic acids is 2. The Morgan fingerprint density at radius 3 is 1.92 bits per heavy atom. The highest BCUT2D eigenvalue weighted by atomic mass is 16.3. The Morgan fingerprint density at radius 1 is 1.20 bits per heavy atom. The summed E-state index contributed by atoms with van der Waals surface area (Å²) in [5.41, 5.74) is 5.37. The van der Waals surface area contributed by atoms with Gasteiger partial charge in [0.15, 0.2) is 0 Å². The Bertz CT molecular complexity index is 460. The number of anilines is 1. The second kappa shape index (κ2) is 18.2. The lowest BCUT2D eigenvalue weighted by atomic mass is 10.2. The summed E-state index contributed by atoms with van der Waals surface area (Å²) in [6.07, 6.45) is 1.40. The van der Waals surface area contributed by atoms with Gasteiger partial charge in [0.2, 0.25) is 6.41 Å². The molecular weight excluding hydrogens is 324 g/mol. The third kappa shape index (κ3) is 19.8. The fourth-order valence-electron chi connectivity index (χ4n) is 1.16. The molecule has 25 heavy (non-hydrogen) atoms. The number of hydrogen-bond donors (Lipinski definition) is 5. The molecule has 0 unspecified atom stereocenters. The molecule has 0 aliphatic heterocycles. The molecule has 2 amide bonds. The smallest absolute Gasteiger partial charge is 0.252 e. The number of nitrogens with two attached hydrogens (primary N) is 1. The van der Waals surface area contributed by atoms with E-state index in [2.05, 4.69) is 39.9 Å². The summed E-state index contributed by atoms with van der Waals surface area (Å²) < 4.78 is 0. The van der Waals surface area contributed by atoms with Crippen LogP contribution in [0.1, 0.15) is 51.4 Å². The normalized spacial score (nSPS) is 8.88. The van der Waals surface area contributed by atoms with Gasteiger partial charge in [-0.3, -0.25) is 9.59 Å². The number of aliphatic hydroxyl groups excluding tert-OH is 2. The lowest BCUT2D eigenvalue weighted by molar-refractivity contribution is -0.105. The molecule has 6 N–H and O–H groups in total. The van der Waals surface area contributed by atoms with E-state index in [-0.39, 0.29) is 11.3 Å². The molecule has 0 radical (unpaired) electrons. The van der Waals surface area contributed by atoms with Crippen LogP contribution < -0.4 is 11.1 Å². The maximum atomic E-state index is 10.7. The van der Waals surface area contributed by atoms with Crippen molar-refractivity contribution in [2.75, 3.05) is 19.0 Å². The summed E-state index contributed by atoms with van der Waals surface area (Å²) in [5.74, 6) is 0.518. The van der Waals surface area contributed by atoms with Crippen LogP contribution in [0.3, 0.4) is 0 Å². The molecular formula is C18H34N2O5. The van der Waals surface area contributed by atoms with Crippen molar-refractivity contribution >= 4 is 18.0 Å². The highest BCUT2D eigenvalue weighted by Gasteiger charge is 2.06. The van der Waals surface area contributed by atoms with E-state index in [9.17, 15) is 14.7 Å². The second-order valence-electron chi connectivity index (χ2n) is 6.00. The van der Waals surface area contributed by atoms with Crippen LogP contribution in [0.25, 0.3) is 0 Å². The number of phenols is 1. The van der Waals surface area contributed by atoms with Crippen molar-refractivity contribution in [2.24, 2.45) is 17.6 Å². The van der Waals surface area contributed by atoms with Gasteiger partial charge < -0.3 is 26.4 Å². The summed E-state index contributed by atoms with van der Waals surface area (Å²) in [4.78, 5) is 20.7. The Labute approximate surface area is 150 Å². The SMILES string of the molecule is CC(C)C.CC(C)CCO.CO.NC(=O)c1ccc(NC=O)cc1O. The van der Waals surface area contributed by atoms with E-state index in [0.29, 0.717) is 24.6 Å². The van der Waals surface area contributed by atoms with Gasteiger partial charge in [-0.15, -0.1) is 0 Å². The summed E-state index contributed by atoms with van der Waals surface area (Å²) in [7, 11) is 1.00. The monoisotopic (exact) mass is 358 g/mol. The second-order valence-corrected chi connectivity index (χ2v) is 6.00. The number of hydrogen-bond acceptors (Lipinski definition) is 5. The Morgan fingerprint density at radius 2 is 1.68 bits per heavy atom. The van der Waals surface area contributed by atoms with E-state index in [1.807, 2.05) is 0 Å². The van der Waals surface area contributed by atoms with Crippen LogP contribution in [0.4, 0.5) is 5.69 Å².